The highest BCUT2D eigenvalue weighted by atomic mass is 16.1. The van der Waals surface area contributed by atoms with Gasteiger partial charge in [0.05, 0.1) is 11.3 Å². The molecule has 7 heteroatoms. The molecule has 0 unspecified atom stereocenters. The van der Waals surface area contributed by atoms with Crippen LogP contribution < -0.4 is 5.32 Å². The minimum Gasteiger partial charge on any atom is -0.322 e. The number of imidazole rings is 1. The number of carbonyl (C=O) groups is 1. The third-order valence-electron chi connectivity index (χ3n) is 3.65. The third kappa shape index (κ3) is 3.16. The van der Waals surface area contributed by atoms with Crippen molar-refractivity contribution in [1.82, 2.24) is 24.3 Å². The van der Waals surface area contributed by atoms with Crippen LogP contribution in [0.5, 0.6) is 0 Å². The summed E-state index contributed by atoms with van der Waals surface area (Å²) in [7, 11) is 0. The number of benzene rings is 1. The molecule has 0 radical (unpaired) electrons. The fourth-order valence-corrected chi connectivity index (χ4v) is 2.42. The van der Waals surface area contributed by atoms with Gasteiger partial charge >= 0.3 is 0 Å². The maximum Gasteiger partial charge on any atom is 0.257 e. The van der Waals surface area contributed by atoms with Gasteiger partial charge in [-0.25, -0.2) is 14.6 Å². The lowest BCUT2D eigenvalue weighted by Gasteiger charge is -2.08. The van der Waals surface area contributed by atoms with Gasteiger partial charge in [0.15, 0.2) is 0 Å². The normalized spacial score (nSPS) is 10.6. The summed E-state index contributed by atoms with van der Waals surface area (Å²) < 4.78 is 3.51. The van der Waals surface area contributed by atoms with Gasteiger partial charge in [-0.3, -0.25) is 9.36 Å². The lowest BCUT2D eigenvalue weighted by Crippen LogP contribution is -2.12. The van der Waals surface area contributed by atoms with E-state index in [1.165, 1.54) is 0 Å². The van der Waals surface area contributed by atoms with Crippen LogP contribution in [0.3, 0.4) is 0 Å². The number of hydrogen-bond donors (Lipinski definition) is 1. The molecule has 7 nitrogen and oxygen atoms in total. The van der Waals surface area contributed by atoms with Crippen molar-refractivity contribution in [3.05, 3.63) is 85.3 Å². The van der Waals surface area contributed by atoms with Gasteiger partial charge in [0.2, 0.25) is 0 Å². The van der Waals surface area contributed by atoms with Gasteiger partial charge < -0.3 is 5.32 Å². The largest absolute Gasteiger partial charge is 0.322 e. The minimum atomic E-state index is -0.220. The summed E-state index contributed by atoms with van der Waals surface area (Å²) in [5.41, 5.74) is 2.04. The van der Waals surface area contributed by atoms with Crippen LogP contribution in [0.15, 0.2) is 79.8 Å². The smallest absolute Gasteiger partial charge is 0.257 e. The van der Waals surface area contributed by atoms with Crippen LogP contribution in [-0.2, 0) is 0 Å². The van der Waals surface area contributed by atoms with Crippen molar-refractivity contribution in [2.24, 2.45) is 0 Å². The molecule has 1 N–H and O–H groups in total. The molecule has 122 valence electrons. The van der Waals surface area contributed by atoms with Crippen LogP contribution in [0, 0.1) is 0 Å². The molecule has 0 aliphatic carbocycles. The van der Waals surface area contributed by atoms with Crippen LogP contribution >= 0.6 is 0 Å². The van der Waals surface area contributed by atoms with Gasteiger partial charge in [-0.1, -0.05) is 6.07 Å². The second-order valence-corrected chi connectivity index (χ2v) is 5.33. The Morgan fingerprint density at radius 2 is 2.00 bits per heavy atom. The SMILES string of the molecule is O=C(Nc1cccc(-n2cccn2)c1)c1ccc(-n2ccnc2)nc1. The van der Waals surface area contributed by atoms with Gasteiger partial charge in [-0.2, -0.15) is 5.10 Å². The zero-order valence-electron chi connectivity index (χ0n) is 13.1. The van der Waals surface area contributed by atoms with E-state index in [9.17, 15) is 4.79 Å². The highest BCUT2D eigenvalue weighted by Gasteiger charge is 2.08. The molecule has 0 bridgehead atoms. The number of hydrogen-bond acceptors (Lipinski definition) is 4. The molecule has 0 fully saturated rings. The highest BCUT2D eigenvalue weighted by Crippen LogP contribution is 2.15. The molecule has 4 aromatic rings. The monoisotopic (exact) mass is 330 g/mol. The summed E-state index contributed by atoms with van der Waals surface area (Å²) in [6.07, 6.45) is 10.2. The average molecular weight is 330 g/mol. The predicted octanol–water partition coefficient (Wildman–Crippen LogP) is 2.71. The number of anilines is 1. The van der Waals surface area contributed by atoms with E-state index in [-0.39, 0.29) is 5.91 Å². The number of carbonyl (C=O) groups excluding carboxylic acids is 1. The molecule has 25 heavy (non-hydrogen) atoms. The minimum absolute atomic E-state index is 0.220. The third-order valence-corrected chi connectivity index (χ3v) is 3.65. The van der Waals surface area contributed by atoms with Crippen molar-refractivity contribution in [3.8, 4) is 11.5 Å². The maximum absolute atomic E-state index is 12.4. The van der Waals surface area contributed by atoms with Crippen molar-refractivity contribution in [2.75, 3.05) is 5.32 Å². The van der Waals surface area contributed by atoms with Crippen molar-refractivity contribution in [3.63, 3.8) is 0 Å². The topological polar surface area (TPSA) is 77.6 Å². The van der Waals surface area contributed by atoms with Crippen molar-refractivity contribution >= 4 is 11.6 Å². The quantitative estimate of drug-likeness (QED) is 0.624. The molecule has 0 atom stereocenters. The summed E-state index contributed by atoms with van der Waals surface area (Å²) in [4.78, 5) is 20.7. The lowest BCUT2D eigenvalue weighted by atomic mass is 10.2. The summed E-state index contributed by atoms with van der Waals surface area (Å²) in [5.74, 6) is 0.483. The number of aromatic nitrogens is 5. The maximum atomic E-state index is 12.4. The summed E-state index contributed by atoms with van der Waals surface area (Å²) >= 11 is 0. The number of amides is 1. The fourth-order valence-electron chi connectivity index (χ4n) is 2.42. The number of rotatable bonds is 4. The number of pyridine rings is 1. The van der Waals surface area contributed by atoms with E-state index in [4.69, 9.17) is 0 Å². The van der Waals surface area contributed by atoms with E-state index in [1.807, 2.05) is 36.5 Å². The molecule has 0 saturated heterocycles. The van der Waals surface area contributed by atoms with E-state index < -0.39 is 0 Å². The van der Waals surface area contributed by atoms with Crippen LogP contribution in [0.4, 0.5) is 5.69 Å². The Morgan fingerprint density at radius 1 is 1.04 bits per heavy atom. The summed E-state index contributed by atoms with van der Waals surface area (Å²) in [6.45, 7) is 0. The first-order chi connectivity index (χ1) is 12.3. The van der Waals surface area contributed by atoms with E-state index in [2.05, 4.69) is 20.4 Å². The molecule has 0 spiro atoms. The van der Waals surface area contributed by atoms with Gasteiger partial charge in [-0.15, -0.1) is 0 Å². The van der Waals surface area contributed by atoms with E-state index in [1.54, 1.807) is 52.5 Å². The van der Waals surface area contributed by atoms with Crippen LogP contribution in [0.1, 0.15) is 10.4 Å². The Morgan fingerprint density at radius 3 is 2.72 bits per heavy atom. The fraction of sp³-hybridized carbons (Fsp3) is 0. The molecule has 4 rings (SSSR count). The highest BCUT2D eigenvalue weighted by molar-refractivity contribution is 6.04. The molecule has 0 aliphatic rings. The Bertz CT molecular complexity index is 975. The summed E-state index contributed by atoms with van der Waals surface area (Å²) in [6, 6.07) is 12.8. The van der Waals surface area contributed by atoms with Gasteiger partial charge in [0.25, 0.3) is 5.91 Å². The zero-order chi connectivity index (χ0) is 17.1. The molecule has 0 aliphatic heterocycles. The lowest BCUT2D eigenvalue weighted by molar-refractivity contribution is 0.102. The van der Waals surface area contributed by atoms with Gasteiger partial charge in [-0.05, 0) is 36.4 Å². The van der Waals surface area contributed by atoms with Crippen LogP contribution in [0.2, 0.25) is 0 Å². The van der Waals surface area contributed by atoms with Gasteiger partial charge in [0.1, 0.15) is 12.1 Å². The van der Waals surface area contributed by atoms with E-state index in [0.29, 0.717) is 17.1 Å². The second kappa shape index (κ2) is 6.40. The molecule has 0 saturated carbocycles. The predicted molar refractivity (Wildman–Crippen MR) is 92.9 cm³/mol. The van der Waals surface area contributed by atoms with E-state index >= 15 is 0 Å². The molecule has 1 aromatic carbocycles. The molecular weight excluding hydrogens is 316 g/mol. The Kier molecular flexibility index (Phi) is 3.80. The Hall–Kier alpha value is -3.74. The molecular formula is C18H14N6O. The first-order valence-corrected chi connectivity index (χ1v) is 7.65. The zero-order valence-corrected chi connectivity index (χ0v) is 13.1. The number of nitrogens with one attached hydrogen (secondary N) is 1. The average Bonchev–Trinajstić information content (AvgIpc) is 3.36. The Balaban J connectivity index is 1.51. The van der Waals surface area contributed by atoms with Crippen LogP contribution in [-0.4, -0.2) is 30.2 Å². The van der Waals surface area contributed by atoms with Crippen molar-refractivity contribution in [1.29, 1.82) is 0 Å². The molecule has 3 aromatic heterocycles. The number of nitrogens with zero attached hydrogens (tertiary/aromatic N) is 5. The van der Waals surface area contributed by atoms with Crippen molar-refractivity contribution in [2.45, 2.75) is 0 Å². The van der Waals surface area contributed by atoms with Crippen molar-refractivity contribution < 1.29 is 4.79 Å². The van der Waals surface area contributed by atoms with Crippen LogP contribution in [0.25, 0.3) is 11.5 Å². The summed E-state index contributed by atoms with van der Waals surface area (Å²) in [5, 5.41) is 7.06. The molecule has 3 heterocycles. The first kappa shape index (κ1) is 14.8. The molecule has 1 amide bonds. The Labute approximate surface area is 143 Å². The standard InChI is InChI=1S/C18H14N6O/c25-18(14-5-6-17(20-12-14)23-10-8-19-13-23)22-15-3-1-4-16(11-15)24-9-2-7-21-24/h1-13H,(H,22,25). The van der Waals surface area contributed by atoms with Gasteiger partial charge in [0, 0.05) is 36.7 Å². The van der Waals surface area contributed by atoms with E-state index in [0.717, 1.165) is 5.69 Å². The second-order valence-electron chi connectivity index (χ2n) is 5.33. The first-order valence-electron chi connectivity index (χ1n) is 7.65.